The maximum Gasteiger partial charge on any atom is 0.191 e. The lowest BCUT2D eigenvalue weighted by Crippen LogP contribution is -2.40. The Balaban J connectivity index is 1.73. The predicted molar refractivity (Wildman–Crippen MR) is 101 cm³/mol. The summed E-state index contributed by atoms with van der Waals surface area (Å²) in [4.78, 5) is 4.73. The van der Waals surface area contributed by atoms with Crippen molar-refractivity contribution in [2.45, 2.75) is 64.4 Å². The number of aliphatic hydroxyl groups excluding tert-OH is 1. The van der Waals surface area contributed by atoms with Crippen LogP contribution in [0.2, 0.25) is 0 Å². The van der Waals surface area contributed by atoms with Gasteiger partial charge in [0.1, 0.15) is 0 Å². The van der Waals surface area contributed by atoms with Gasteiger partial charge in [-0.1, -0.05) is 25.7 Å². The summed E-state index contributed by atoms with van der Waals surface area (Å²) in [6.45, 7) is 6.74. The Bertz CT molecular complexity index is 376. The molecule has 1 atom stereocenters. The maximum atomic E-state index is 9.33. The van der Waals surface area contributed by atoms with Gasteiger partial charge in [-0.3, -0.25) is 4.99 Å². The van der Waals surface area contributed by atoms with Crippen LogP contribution in [0.3, 0.4) is 0 Å². The number of aliphatic hydroxyl groups is 1. The summed E-state index contributed by atoms with van der Waals surface area (Å²) in [5, 5.41) is 16.0. The molecule has 0 aromatic carbocycles. The molecule has 25 heavy (non-hydrogen) atoms. The Morgan fingerprint density at radius 1 is 1.24 bits per heavy atom. The zero-order chi connectivity index (χ0) is 17.8. The lowest BCUT2D eigenvalue weighted by molar-refractivity contribution is 0.0468. The van der Waals surface area contributed by atoms with Gasteiger partial charge in [-0.2, -0.15) is 0 Å². The van der Waals surface area contributed by atoms with Crippen LogP contribution >= 0.6 is 0 Å². The first kappa shape index (κ1) is 20.5. The van der Waals surface area contributed by atoms with Crippen LogP contribution < -0.4 is 10.6 Å². The van der Waals surface area contributed by atoms with Crippen LogP contribution in [0.25, 0.3) is 0 Å². The fourth-order valence-electron chi connectivity index (χ4n) is 3.68. The zero-order valence-electron chi connectivity index (χ0n) is 15.9. The first-order valence-electron chi connectivity index (χ1n) is 10.1. The number of hydrogen-bond acceptors (Lipinski definition) is 4. The van der Waals surface area contributed by atoms with Crippen LogP contribution in [0.1, 0.15) is 58.3 Å². The molecule has 1 heterocycles. The molecule has 0 amide bonds. The van der Waals surface area contributed by atoms with Crippen LogP contribution in [0.5, 0.6) is 0 Å². The van der Waals surface area contributed by atoms with Gasteiger partial charge >= 0.3 is 0 Å². The minimum atomic E-state index is -0.00600. The molecule has 6 heteroatoms. The highest BCUT2D eigenvalue weighted by Crippen LogP contribution is 2.32. The van der Waals surface area contributed by atoms with Gasteiger partial charge < -0.3 is 25.2 Å². The molecule has 1 aliphatic heterocycles. The highest BCUT2D eigenvalue weighted by atomic mass is 16.5. The van der Waals surface area contributed by atoms with Crippen molar-refractivity contribution in [1.82, 2.24) is 10.6 Å². The number of ether oxygens (including phenoxy) is 2. The molecular weight excluding hydrogens is 318 g/mol. The highest BCUT2D eigenvalue weighted by molar-refractivity contribution is 5.79. The monoisotopic (exact) mass is 355 g/mol. The molecule has 2 fully saturated rings. The molecule has 2 rings (SSSR count). The molecule has 0 aromatic heterocycles. The number of nitrogens with zero attached hydrogens (tertiary/aromatic N) is 1. The van der Waals surface area contributed by atoms with Crippen LogP contribution in [-0.2, 0) is 9.47 Å². The van der Waals surface area contributed by atoms with E-state index in [9.17, 15) is 5.11 Å². The topological polar surface area (TPSA) is 75.1 Å². The number of hydrogen-bond donors (Lipinski definition) is 3. The summed E-state index contributed by atoms with van der Waals surface area (Å²) in [7, 11) is 0. The minimum absolute atomic E-state index is 0.00600. The molecule has 1 saturated heterocycles. The van der Waals surface area contributed by atoms with Crippen molar-refractivity contribution in [2.24, 2.45) is 10.4 Å². The molecule has 0 bridgehead atoms. The third-order valence-corrected chi connectivity index (χ3v) is 5.29. The Kier molecular flexibility index (Phi) is 9.58. The summed E-state index contributed by atoms with van der Waals surface area (Å²) in [6.07, 6.45) is 9.89. The SMILES string of the molecule is CCNC(=NCC1(CCO)CCOC1)NCCOC1CCCCCC1. The summed E-state index contributed by atoms with van der Waals surface area (Å²) < 4.78 is 11.6. The average molecular weight is 356 g/mol. The average Bonchev–Trinajstić information content (AvgIpc) is 2.91. The van der Waals surface area contributed by atoms with E-state index in [1.807, 2.05) is 0 Å². The Morgan fingerprint density at radius 3 is 2.68 bits per heavy atom. The second-order valence-corrected chi connectivity index (χ2v) is 7.38. The van der Waals surface area contributed by atoms with Crippen LogP contribution in [0.15, 0.2) is 4.99 Å². The molecule has 0 spiro atoms. The summed E-state index contributed by atoms with van der Waals surface area (Å²) in [5.74, 6) is 0.830. The van der Waals surface area contributed by atoms with Crippen molar-refractivity contribution < 1.29 is 14.6 Å². The van der Waals surface area contributed by atoms with Crippen molar-refractivity contribution in [1.29, 1.82) is 0 Å². The van der Waals surface area contributed by atoms with E-state index in [0.29, 0.717) is 19.3 Å². The van der Waals surface area contributed by atoms with E-state index in [4.69, 9.17) is 14.5 Å². The smallest absolute Gasteiger partial charge is 0.191 e. The number of rotatable bonds is 9. The number of guanidine groups is 1. The molecule has 6 nitrogen and oxygen atoms in total. The first-order chi connectivity index (χ1) is 12.3. The standard InChI is InChI=1S/C19H37N3O3/c1-2-20-18(22-15-19(9-12-23)10-13-24-16-19)21-11-14-25-17-7-5-3-4-6-8-17/h17,23H,2-16H2,1H3,(H2,20,21,22). The highest BCUT2D eigenvalue weighted by Gasteiger charge is 2.34. The third-order valence-electron chi connectivity index (χ3n) is 5.29. The molecule has 0 radical (unpaired) electrons. The molecule has 2 aliphatic rings. The zero-order valence-corrected chi connectivity index (χ0v) is 15.9. The van der Waals surface area contributed by atoms with Gasteiger partial charge in [0.25, 0.3) is 0 Å². The molecule has 3 N–H and O–H groups in total. The van der Waals surface area contributed by atoms with Crippen LogP contribution in [0, 0.1) is 5.41 Å². The fourth-order valence-corrected chi connectivity index (χ4v) is 3.68. The molecule has 146 valence electrons. The van der Waals surface area contributed by atoms with E-state index < -0.39 is 0 Å². The third kappa shape index (κ3) is 7.50. The summed E-state index contributed by atoms with van der Waals surface area (Å²) in [6, 6.07) is 0. The Morgan fingerprint density at radius 2 is 2.04 bits per heavy atom. The molecule has 1 unspecified atom stereocenters. The summed E-state index contributed by atoms with van der Waals surface area (Å²) >= 11 is 0. The van der Waals surface area contributed by atoms with E-state index in [1.165, 1.54) is 38.5 Å². The van der Waals surface area contributed by atoms with Crippen LogP contribution in [-0.4, -0.2) is 63.2 Å². The fraction of sp³-hybridized carbons (Fsp3) is 0.947. The van der Waals surface area contributed by atoms with Crippen molar-refractivity contribution in [3.05, 3.63) is 0 Å². The lowest BCUT2D eigenvalue weighted by Gasteiger charge is -2.25. The van der Waals surface area contributed by atoms with Gasteiger partial charge in [0, 0.05) is 31.7 Å². The largest absolute Gasteiger partial charge is 0.396 e. The Labute approximate surface area is 152 Å². The van der Waals surface area contributed by atoms with E-state index in [-0.39, 0.29) is 12.0 Å². The molecule has 1 aliphatic carbocycles. The second kappa shape index (κ2) is 11.7. The van der Waals surface area contributed by atoms with Gasteiger partial charge in [0.05, 0.1) is 25.9 Å². The number of aliphatic imine (C=N–C) groups is 1. The van der Waals surface area contributed by atoms with Crippen molar-refractivity contribution in [2.75, 3.05) is 46.1 Å². The molecule has 1 saturated carbocycles. The van der Waals surface area contributed by atoms with Crippen molar-refractivity contribution in [3.8, 4) is 0 Å². The van der Waals surface area contributed by atoms with E-state index in [2.05, 4.69) is 17.6 Å². The predicted octanol–water partition coefficient (Wildman–Crippen LogP) is 2.07. The van der Waals surface area contributed by atoms with Crippen LogP contribution in [0.4, 0.5) is 0 Å². The Hall–Kier alpha value is -0.850. The summed E-state index contributed by atoms with van der Waals surface area (Å²) in [5.41, 5.74) is -0.00600. The van der Waals surface area contributed by atoms with Gasteiger partial charge in [-0.05, 0) is 32.6 Å². The van der Waals surface area contributed by atoms with Gasteiger partial charge in [-0.15, -0.1) is 0 Å². The number of nitrogens with one attached hydrogen (secondary N) is 2. The lowest BCUT2D eigenvalue weighted by atomic mass is 9.84. The van der Waals surface area contributed by atoms with Gasteiger partial charge in [-0.25, -0.2) is 0 Å². The van der Waals surface area contributed by atoms with Crippen molar-refractivity contribution >= 4 is 5.96 Å². The maximum absolute atomic E-state index is 9.33. The van der Waals surface area contributed by atoms with E-state index in [1.54, 1.807) is 0 Å². The molecule has 0 aromatic rings. The normalized spacial score (nSPS) is 25.8. The van der Waals surface area contributed by atoms with Crippen molar-refractivity contribution in [3.63, 3.8) is 0 Å². The van der Waals surface area contributed by atoms with Gasteiger partial charge in [0.15, 0.2) is 5.96 Å². The molecular formula is C19H37N3O3. The second-order valence-electron chi connectivity index (χ2n) is 7.38. The van der Waals surface area contributed by atoms with E-state index >= 15 is 0 Å². The minimum Gasteiger partial charge on any atom is -0.396 e. The van der Waals surface area contributed by atoms with E-state index in [0.717, 1.165) is 45.1 Å². The quantitative estimate of drug-likeness (QED) is 0.255. The first-order valence-corrected chi connectivity index (χ1v) is 10.1. The van der Waals surface area contributed by atoms with Gasteiger partial charge in [0.2, 0.25) is 0 Å².